The molecule has 1 aromatic rings. The van der Waals surface area contributed by atoms with Crippen LogP contribution in [-0.2, 0) is 0 Å². The number of nitrogens with zero attached hydrogens (tertiary/aromatic N) is 1. The second-order valence-electron chi connectivity index (χ2n) is 4.76. The molecule has 1 aromatic heterocycles. The zero-order valence-electron chi connectivity index (χ0n) is 11.5. The maximum Gasteiger partial charge on any atom is 0.0584 e. The first-order chi connectivity index (χ1) is 7.99. The summed E-state index contributed by atoms with van der Waals surface area (Å²) < 4.78 is 0. The molecule has 0 saturated heterocycles. The molecule has 0 aromatic carbocycles. The first kappa shape index (κ1) is 14.1. The third-order valence-corrected chi connectivity index (χ3v) is 3.22. The van der Waals surface area contributed by atoms with Crippen molar-refractivity contribution in [2.45, 2.75) is 53.1 Å². The zero-order valence-corrected chi connectivity index (χ0v) is 11.5. The average Bonchev–Trinajstić information content (AvgIpc) is 2.24. The lowest BCUT2D eigenvalue weighted by atomic mass is 9.99. The largest absolute Gasteiger partial charge is 0.395 e. The molecule has 2 atom stereocenters. The summed E-state index contributed by atoms with van der Waals surface area (Å²) in [4.78, 5) is 4.51. The molecule has 0 aliphatic rings. The molecular formula is C14H24N2O. The Bertz CT molecular complexity index is 349. The molecule has 0 aliphatic heterocycles. The number of hydrogen-bond acceptors (Lipinski definition) is 3. The fourth-order valence-electron chi connectivity index (χ4n) is 2.42. The number of rotatable bonds is 5. The van der Waals surface area contributed by atoms with E-state index in [9.17, 15) is 5.11 Å². The predicted molar refractivity (Wildman–Crippen MR) is 71.2 cm³/mol. The summed E-state index contributed by atoms with van der Waals surface area (Å²) in [5.41, 5.74) is 4.66. The van der Waals surface area contributed by atoms with Gasteiger partial charge >= 0.3 is 0 Å². The van der Waals surface area contributed by atoms with E-state index in [1.54, 1.807) is 0 Å². The number of aliphatic hydroxyl groups excluding tert-OH is 1. The van der Waals surface area contributed by atoms with Gasteiger partial charge in [0, 0.05) is 23.5 Å². The summed E-state index contributed by atoms with van der Waals surface area (Å²) in [5.74, 6) is 0. The van der Waals surface area contributed by atoms with E-state index in [0.717, 1.165) is 17.8 Å². The number of aliphatic hydroxyl groups is 1. The van der Waals surface area contributed by atoms with Crippen LogP contribution in [0, 0.1) is 20.8 Å². The molecule has 96 valence electrons. The second-order valence-corrected chi connectivity index (χ2v) is 4.76. The van der Waals surface area contributed by atoms with Gasteiger partial charge in [-0.05, 0) is 51.3 Å². The van der Waals surface area contributed by atoms with E-state index < -0.39 is 0 Å². The van der Waals surface area contributed by atoms with Crippen LogP contribution in [0.1, 0.15) is 48.8 Å². The maximum atomic E-state index is 9.23. The van der Waals surface area contributed by atoms with Gasteiger partial charge in [-0.1, -0.05) is 6.92 Å². The van der Waals surface area contributed by atoms with Crippen molar-refractivity contribution in [2.75, 3.05) is 6.61 Å². The molecule has 0 amide bonds. The molecule has 2 N–H and O–H groups in total. The van der Waals surface area contributed by atoms with Crippen LogP contribution in [-0.4, -0.2) is 22.7 Å². The summed E-state index contributed by atoms with van der Waals surface area (Å²) >= 11 is 0. The van der Waals surface area contributed by atoms with Gasteiger partial charge in [-0.3, -0.25) is 4.98 Å². The number of hydrogen-bond donors (Lipinski definition) is 2. The molecule has 3 heteroatoms. The van der Waals surface area contributed by atoms with Crippen molar-refractivity contribution in [3.8, 4) is 0 Å². The Morgan fingerprint density at radius 2 is 2.00 bits per heavy atom. The van der Waals surface area contributed by atoms with Crippen LogP contribution < -0.4 is 5.32 Å². The van der Waals surface area contributed by atoms with Gasteiger partial charge in [-0.2, -0.15) is 0 Å². The SMILES string of the molecule is CCC(CO)NC(C)c1c(C)cc(C)nc1C. The molecule has 0 fully saturated rings. The lowest BCUT2D eigenvalue weighted by Gasteiger charge is -2.23. The van der Waals surface area contributed by atoms with Gasteiger partial charge in [0.1, 0.15) is 0 Å². The Labute approximate surface area is 104 Å². The van der Waals surface area contributed by atoms with Crippen molar-refractivity contribution in [3.05, 3.63) is 28.6 Å². The van der Waals surface area contributed by atoms with Gasteiger partial charge in [0.25, 0.3) is 0 Å². The highest BCUT2D eigenvalue weighted by molar-refractivity contribution is 5.33. The van der Waals surface area contributed by atoms with E-state index in [2.05, 4.69) is 37.1 Å². The molecular weight excluding hydrogens is 212 g/mol. The molecule has 0 aliphatic carbocycles. The summed E-state index contributed by atoms with van der Waals surface area (Å²) in [6.45, 7) is 10.6. The monoisotopic (exact) mass is 236 g/mol. The molecule has 3 nitrogen and oxygen atoms in total. The van der Waals surface area contributed by atoms with E-state index >= 15 is 0 Å². The average molecular weight is 236 g/mol. The Kier molecular flexibility index (Phi) is 5.09. The van der Waals surface area contributed by atoms with Gasteiger partial charge in [-0.25, -0.2) is 0 Å². The van der Waals surface area contributed by atoms with Crippen LogP contribution >= 0.6 is 0 Å². The minimum absolute atomic E-state index is 0.158. The topological polar surface area (TPSA) is 45.1 Å². The van der Waals surface area contributed by atoms with E-state index in [1.165, 1.54) is 11.1 Å². The Morgan fingerprint density at radius 1 is 1.35 bits per heavy atom. The molecule has 1 rings (SSSR count). The highest BCUT2D eigenvalue weighted by Crippen LogP contribution is 2.21. The molecule has 0 bridgehead atoms. The normalized spacial score (nSPS) is 14.7. The molecule has 0 radical (unpaired) electrons. The molecule has 1 heterocycles. The molecule has 0 spiro atoms. The number of aromatic nitrogens is 1. The maximum absolute atomic E-state index is 9.23. The summed E-state index contributed by atoms with van der Waals surface area (Å²) in [6.07, 6.45) is 0.929. The zero-order chi connectivity index (χ0) is 13.0. The first-order valence-corrected chi connectivity index (χ1v) is 6.31. The fraction of sp³-hybridized carbons (Fsp3) is 0.643. The van der Waals surface area contributed by atoms with Crippen LogP contribution in [0.15, 0.2) is 6.07 Å². The second kappa shape index (κ2) is 6.12. The highest BCUT2D eigenvalue weighted by Gasteiger charge is 2.15. The summed E-state index contributed by atoms with van der Waals surface area (Å²) in [6, 6.07) is 2.49. The Morgan fingerprint density at radius 3 is 2.47 bits per heavy atom. The lowest BCUT2D eigenvalue weighted by Crippen LogP contribution is -2.34. The molecule has 2 unspecified atom stereocenters. The number of aryl methyl sites for hydroxylation is 3. The smallest absolute Gasteiger partial charge is 0.0584 e. The van der Waals surface area contributed by atoms with E-state index in [0.29, 0.717) is 0 Å². The Balaban J connectivity index is 2.92. The van der Waals surface area contributed by atoms with Crippen LogP contribution in [0.3, 0.4) is 0 Å². The standard InChI is InChI=1S/C14H24N2O/c1-6-13(8-17)16-12(5)14-9(2)7-10(3)15-11(14)4/h7,12-13,16-17H,6,8H2,1-5H3. The van der Waals surface area contributed by atoms with E-state index in [-0.39, 0.29) is 18.7 Å². The third kappa shape index (κ3) is 3.51. The van der Waals surface area contributed by atoms with Gasteiger partial charge in [0.2, 0.25) is 0 Å². The predicted octanol–water partition coefficient (Wildman–Crippen LogP) is 2.43. The van der Waals surface area contributed by atoms with Gasteiger partial charge < -0.3 is 10.4 Å². The minimum atomic E-state index is 0.158. The van der Waals surface area contributed by atoms with E-state index in [4.69, 9.17) is 0 Å². The van der Waals surface area contributed by atoms with Gasteiger partial charge in [0.15, 0.2) is 0 Å². The van der Waals surface area contributed by atoms with Crippen molar-refractivity contribution in [2.24, 2.45) is 0 Å². The van der Waals surface area contributed by atoms with Crippen molar-refractivity contribution in [1.82, 2.24) is 10.3 Å². The summed E-state index contributed by atoms with van der Waals surface area (Å²) in [7, 11) is 0. The molecule has 17 heavy (non-hydrogen) atoms. The van der Waals surface area contributed by atoms with Gasteiger partial charge in [0.05, 0.1) is 6.61 Å². The van der Waals surface area contributed by atoms with Crippen molar-refractivity contribution < 1.29 is 5.11 Å². The van der Waals surface area contributed by atoms with E-state index in [1.807, 2.05) is 13.8 Å². The highest BCUT2D eigenvalue weighted by atomic mass is 16.3. The van der Waals surface area contributed by atoms with Crippen molar-refractivity contribution in [3.63, 3.8) is 0 Å². The minimum Gasteiger partial charge on any atom is -0.395 e. The van der Waals surface area contributed by atoms with Crippen molar-refractivity contribution in [1.29, 1.82) is 0 Å². The van der Waals surface area contributed by atoms with Crippen LogP contribution in [0.25, 0.3) is 0 Å². The quantitative estimate of drug-likeness (QED) is 0.825. The lowest BCUT2D eigenvalue weighted by molar-refractivity contribution is 0.230. The molecule has 0 saturated carbocycles. The van der Waals surface area contributed by atoms with Gasteiger partial charge in [-0.15, -0.1) is 0 Å². The third-order valence-electron chi connectivity index (χ3n) is 3.22. The van der Waals surface area contributed by atoms with Crippen LogP contribution in [0.4, 0.5) is 0 Å². The van der Waals surface area contributed by atoms with Crippen LogP contribution in [0.2, 0.25) is 0 Å². The fourth-order valence-corrected chi connectivity index (χ4v) is 2.42. The number of nitrogens with one attached hydrogen (secondary N) is 1. The van der Waals surface area contributed by atoms with Crippen molar-refractivity contribution >= 4 is 0 Å². The number of pyridine rings is 1. The van der Waals surface area contributed by atoms with Crippen LogP contribution in [0.5, 0.6) is 0 Å². The Hall–Kier alpha value is -0.930. The summed E-state index contributed by atoms with van der Waals surface area (Å²) in [5, 5.41) is 12.7. The first-order valence-electron chi connectivity index (χ1n) is 6.31.